The first-order valence-electron chi connectivity index (χ1n) is 8.29. The van der Waals surface area contributed by atoms with Gasteiger partial charge in [-0.1, -0.05) is 30.3 Å². The smallest absolute Gasteiger partial charge is 0.315 e. The van der Waals surface area contributed by atoms with E-state index in [1.54, 1.807) is 4.68 Å². The zero-order valence-electron chi connectivity index (χ0n) is 14.2. The second-order valence-corrected chi connectivity index (χ2v) is 6.48. The molecule has 1 fully saturated rings. The first kappa shape index (κ1) is 16.5. The lowest BCUT2D eigenvalue weighted by Crippen LogP contribution is -2.44. The summed E-state index contributed by atoms with van der Waals surface area (Å²) >= 11 is 0. The monoisotopic (exact) mass is 328 g/mol. The number of rotatable bonds is 5. The highest BCUT2D eigenvalue weighted by molar-refractivity contribution is 5.74. The van der Waals surface area contributed by atoms with Gasteiger partial charge in [0.25, 0.3) is 0 Å². The summed E-state index contributed by atoms with van der Waals surface area (Å²) in [6.45, 7) is 3.77. The summed E-state index contributed by atoms with van der Waals surface area (Å²) in [6, 6.07) is 9.79. The van der Waals surface area contributed by atoms with Gasteiger partial charge in [0.15, 0.2) is 0 Å². The highest BCUT2D eigenvalue weighted by atomic mass is 16.5. The van der Waals surface area contributed by atoms with Crippen molar-refractivity contribution in [3.63, 3.8) is 0 Å². The summed E-state index contributed by atoms with van der Waals surface area (Å²) in [5, 5.41) is 10.3. The molecule has 1 aliphatic heterocycles. The lowest BCUT2D eigenvalue weighted by atomic mass is 10.0. The predicted octanol–water partition coefficient (Wildman–Crippen LogP) is 2.46. The van der Waals surface area contributed by atoms with Crippen LogP contribution in [0.1, 0.15) is 25.3 Å². The van der Waals surface area contributed by atoms with Gasteiger partial charge in [-0.25, -0.2) is 4.79 Å². The average molecular weight is 328 g/mol. The number of aryl methyl sites for hydroxylation is 1. The topological polar surface area (TPSA) is 68.2 Å². The molecule has 0 spiro atoms. The number of aromatic nitrogens is 2. The Bertz CT molecular complexity index is 690. The molecule has 0 saturated carbocycles. The number of carbonyl (C=O) groups excluding carboxylic acids is 1. The van der Waals surface area contributed by atoms with Crippen LogP contribution in [0.5, 0.6) is 0 Å². The molecule has 0 unspecified atom stereocenters. The molecular formula is C18H24N4O2. The quantitative estimate of drug-likeness (QED) is 0.886. The van der Waals surface area contributed by atoms with Gasteiger partial charge in [0.2, 0.25) is 0 Å². The zero-order valence-corrected chi connectivity index (χ0v) is 14.2. The van der Waals surface area contributed by atoms with Gasteiger partial charge >= 0.3 is 6.03 Å². The van der Waals surface area contributed by atoms with Gasteiger partial charge in [-0.05, 0) is 19.8 Å². The molecule has 2 N–H and O–H groups in total. The van der Waals surface area contributed by atoms with Crippen molar-refractivity contribution in [1.29, 1.82) is 0 Å². The molecule has 1 aliphatic rings. The van der Waals surface area contributed by atoms with Gasteiger partial charge < -0.3 is 15.4 Å². The van der Waals surface area contributed by atoms with Crippen molar-refractivity contribution in [3.05, 3.63) is 42.1 Å². The summed E-state index contributed by atoms with van der Waals surface area (Å²) in [5.74, 6) is 0. The van der Waals surface area contributed by atoms with Gasteiger partial charge in [0.1, 0.15) is 0 Å². The van der Waals surface area contributed by atoms with E-state index in [2.05, 4.69) is 15.7 Å². The van der Waals surface area contributed by atoms with Crippen molar-refractivity contribution >= 4 is 6.03 Å². The Morgan fingerprint density at radius 2 is 2.12 bits per heavy atom. The van der Waals surface area contributed by atoms with Crippen LogP contribution in [0.3, 0.4) is 0 Å². The number of benzene rings is 1. The number of amides is 2. The van der Waals surface area contributed by atoms with E-state index in [0.29, 0.717) is 13.1 Å². The van der Waals surface area contributed by atoms with Gasteiger partial charge in [-0.3, -0.25) is 4.68 Å². The number of nitrogens with zero attached hydrogens (tertiary/aromatic N) is 2. The number of urea groups is 1. The normalized spacial score (nSPS) is 20.1. The highest BCUT2D eigenvalue weighted by Crippen LogP contribution is 2.24. The SMILES string of the molecule is Cn1cc(CNC(=O)NC[C@]2(C)CCCO2)c(-c2ccccc2)n1. The van der Waals surface area contributed by atoms with E-state index in [-0.39, 0.29) is 11.6 Å². The molecule has 0 radical (unpaired) electrons. The zero-order chi connectivity index (χ0) is 17.0. The maximum absolute atomic E-state index is 12.1. The minimum atomic E-state index is -0.235. The lowest BCUT2D eigenvalue weighted by molar-refractivity contribution is 0.0229. The second-order valence-electron chi connectivity index (χ2n) is 6.48. The molecule has 2 amide bonds. The molecule has 6 heteroatoms. The van der Waals surface area contributed by atoms with Gasteiger partial charge in [0.05, 0.1) is 11.3 Å². The fraction of sp³-hybridized carbons (Fsp3) is 0.444. The van der Waals surface area contributed by atoms with Crippen LogP contribution in [-0.2, 0) is 18.3 Å². The van der Waals surface area contributed by atoms with Gasteiger partial charge in [0, 0.05) is 44.1 Å². The van der Waals surface area contributed by atoms with E-state index in [0.717, 1.165) is 36.3 Å². The largest absolute Gasteiger partial charge is 0.373 e. The summed E-state index contributed by atoms with van der Waals surface area (Å²) in [4.78, 5) is 12.1. The summed E-state index contributed by atoms with van der Waals surface area (Å²) in [7, 11) is 1.88. The fourth-order valence-corrected chi connectivity index (χ4v) is 2.99. The second kappa shape index (κ2) is 7.05. The molecule has 0 bridgehead atoms. The molecule has 1 saturated heterocycles. The number of nitrogens with one attached hydrogen (secondary N) is 2. The number of ether oxygens (including phenoxy) is 1. The summed E-state index contributed by atoms with van der Waals surface area (Å²) < 4.78 is 7.45. The Morgan fingerprint density at radius 1 is 1.33 bits per heavy atom. The van der Waals surface area contributed by atoms with Crippen LogP contribution in [-0.4, -0.2) is 34.6 Å². The third-order valence-electron chi connectivity index (χ3n) is 4.31. The molecule has 3 rings (SSSR count). The predicted molar refractivity (Wildman–Crippen MR) is 92.5 cm³/mol. The Labute approximate surface area is 142 Å². The number of hydrogen-bond acceptors (Lipinski definition) is 3. The van der Waals surface area contributed by atoms with Crippen LogP contribution in [0.4, 0.5) is 4.79 Å². The van der Waals surface area contributed by atoms with Crippen LogP contribution >= 0.6 is 0 Å². The van der Waals surface area contributed by atoms with Crippen molar-refractivity contribution in [1.82, 2.24) is 20.4 Å². The molecule has 24 heavy (non-hydrogen) atoms. The maximum atomic E-state index is 12.1. The minimum absolute atomic E-state index is 0.186. The van der Waals surface area contributed by atoms with E-state index in [9.17, 15) is 4.79 Å². The summed E-state index contributed by atoms with van der Waals surface area (Å²) in [6.07, 6.45) is 3.97. The van der Waals surface area contributed by atoms with E-state index >= 15 is 0 Å². The van der Waals surface area contributed by atoms with Crippen molar-refractivity contribution < 1.29 is 9.53 Å². The van der Waals surface area contributed by atoms with Crippen molar-refractivity contribution in [2.75, 3.05) is 13.2 Å². The van der Waals surface area contributed by atoms with Crippen molar-refractivity contribution in [2.45, 2.75) is 31.9 Å². The summed E-state index contributed by atoms with van der Waals surface area (Å²) in [5.41, 5.74) is 2.69. The first-order valence-corrected chi connectivity index (χ1v) is 8.29. The Balaban J connectivity index is 1.58. The van der Waals surface area contributed by atoms with E-state index in [4.69, 9.17) is 4.74 Å². The van der Waals surface area contributed by atoms with Crippen molar-refractivity contribution in [2.24, 2.45) is 7.05 Å². The molecule has 128 valence electrons. The van der Waals surface area contributed by atoms with E-state index < -0.39 is 0 Å². The Morgan fingerprint density at radius 3 is 2.83 bits per heavy atom. The van der Waals surface area contributed by atoms with Crippen LogP contribution in [0.2, 0.25) is 0 Å². The molecule has 0 aliphatic carbocycles. The molecule has 1 aromatic heterocycles. The van der Waals surface area contributed by atoms with E-state index in [1.165, 1.54) is 0 Å². The molecule has 1 atom stereocenters. The maximum Gasteiger partial charge on any atom is 0.315 e. The van der Waals surface area contributed by atoms with Crippen LogP contribution in [0.15, 0.2) is 36.5 Å². The van der Waals surface area contributed by atoms with Crippen LogP contribution in [0, 0.1) is 0 Å². The first-order chi connectivity index (χ1) is 11.6. The average Bonchev–Trinajstić information content (AvgIpc) is 3.18. The molecule has 2 heterocycles. The van der Waals surface area contributed by atoms with Gasteiger partial charge in [-0.15, -0.1) is 0 Å². The Hall–Kier alpha value is -2.34. The van der Waals surface area contributed by atoms with Crippen LogP contribution < -0.4 is 10.6 Å². The third kappa shape index (κ3) is 3.94. The number of carbonyl (C=O) groups is 1. The molecule has 2 aromatic rings. The lowest BCUT2D eigenvalue weighted by Gasteiger charge is -2.23. The van der Waals surface area contributed by atoms with Gasteiger partial charge in [-0.2, -0.15) is 5.10 Å². The van der Waals surface area contributed by atoms with E-state index in [1.807, 2.05) is 50.5 Å². The number of hydrogen-bond donors (Lipinski definition) is 2. The molecule has 1 aromatic carbocycles. The minimum Gasteiger partial charge on any atom is -0.373 e. The van der Waals surface area contributed by atoms with Crippen LogP contribution in [0.25, 0.3) is 11.3 Å². The Kier molecular flexibility index (Phi) is 4.85. The third-order valence-corrected chi connectivity index (χ3v) is 4.31. The molecule has 6 nitrogen and oxygen atoms in total. The fourth-order valence-electron chi connectivity index (χ4n) is 2.99. The molecular weight excluding hydrogens is 304 g/mol. The van der Waals surface area contributed by atoms with Crippen molar-refractivity contribution in [3.8, 4) is 11.3 Å². The highest BCUT2D eigenvalue weighted by Gasteiger charge is 2.29. The standard InChI is InChI=1S/C18H24N4O2/c1-18(9-6-10-24-18)13-20-17(23)19-11-15-12-22(2)21-16(15)14-7-4-3-5-8-14/h3-5,7-8,12H,6,9-11,13H2,1-2H3,(H2,19,20,23)/t18-/m0/s1.